The number of aryl methyl sites for hydroxylation is 1. The zero-order valence-electron chi connectivity index (χ0n) is 16.5. The van der Waals surface area contributed by atoms with Crippen LogP contribution in [0.25, 0.3) is 0 Å². The van der Waals surface area contributed by atoms with Crippen LogP contribution in [0.4, 0.5) is 5.69 Å². The summed E-state index contributed by atoms with van der Waals surface area (Å²) in [5, 5.41) is 6.32. The Morgan fingerprint density at radius 1 is 1.11 bits per heavy atom. The average molecular weight is 405 g/mol. The van der Waals surface area contributed by atoms with E-state index in [1.54, 1.807) is 19.2 Å². The largest absolute Gasteiger partial charge is 0.496 e. The molecule has 0 fully saturated rings. The van der Waals surface area contributed by atoms with E-state index in [1.165, 1.54) is 0 Å². The minimum absolute atomic E-state index is 0.116. The molecule has 1 unspecified atom stereocenters. The normalized spacial score (nSPS) is 11.6. The van der Waals surface area contributed by atoms with Gasteiger partial charge in [-0.2, -0.15) is 0 Å². The number of ether oxygens (including phenoxy) is 1. The maximum Gasteiger partial charge on any atom is 0.279 e. The third-order valence-corrected chi connectivity index (χ3v) is 4.70. The third kappa shape index (κ3) is 6.55. The van der Waals surface area contributed by atoms with Gasteiger partial charge in [0.25, 0.3) is 11.8 Å². The minimum Gasteiger partial charge on any atom is -0.496 e. The molecule has 0 saturated carbocycles. The first kappa shape index (κ1) is 21.7. The summed E-state index contributed by atoms with van der Waals surface area (Å²) < 4.78 is 5.29. The van der Waals surface area contributed by atoms with Crippen molar-refractivity contribution in [3.63, 3.8) is 0 Å². The Morgan fingerprint density at radius 3 is 2.54 bits per heavy atom. The lowest BCUT2D eigenvalue weighted by Gasteiger charge is -2.18. The molecule has 0 aliphatic rings. The summed E-state index contributed by atoms with van der Waals surface area (Å²) in [5.74, 6) is 0.466. The van der Waals surface area contributed by atoms with Gasteiger partial charge < -0.3 is 20.3 Å². The van der Waals surface area contributed by atoms with E-state index in [0.29, 0.717) is 23.8 Å². The number of rotatable bonds is 9. The van der Waals surface area contributed by atoms with Crippen LogP contribution in [0, 0.1) is 6.92 Å². The molecule has 2 aromatic rings. The number of likely N-dealkylation sites (N-methyl/N-ethyl adjacent to an activating group) is 1. The van der Waals surface area contributed by atoms with Gasteiger partial charge in [-0.15, -0.1) is 0 Å². The van der Waals surface area contributed by atoms with Gasteiger partial charge in [-0.3, -0.25) is 9.59 Å². The van der Waals surface area contributed by atoms with Crippen LogP contribution in [0.3, 0.4) is 0 Å². The second-order valence-electron chi connectivity index (χ2n) is 6.55. The molecule has 0 radical (unpaired) electrons. The van der Waals surface area contributed by atoms with Crippen LogP contribution in [-0.4, -0.2) is 38.6 Å². The first-order valence-electron chi connectivity index (χ1n) is 9.21. The fraction of sp³-hybridized carbons (Fsp3) is 0.333. The van der Waals surface area contributed by atoms with Crippen molar-refractivity contribution >= 4 is 29.1 Å². The van der Waals surface area contributed by atoms with Crippen molar-refractivity contribution in [2.75, 3.05) is 32.1 Å². The van der Waals surface area contributed by atoms with Crippen LogP contribution in [0.5, 0.6) is 5.75 Å². The molecule has 1 atom stereocenters. The molecule has 150 valence electrons. The van der Waals surface area contributed by atoms with Crippen LogP contribution in [0.15, 0.2) is 42.5 Å². The second kappa shape index (κ2) is 10.7. The molecule has 28 heavy (non-hydrogen) atoms. The first-order chi connectivity index (χ1) is 13.4. The molecule has 2 aromatic carbocycles. The minimum atomic E-state index is -0.153. The smallest absolute Gasteiger partial charge is 0.279 e. The molecule has 2 amide bonds. The maximum absolute atomic E-state index is 12.4. The van der Waals surface area contributed by atoms with E-state index in [9.17, 15) is 9.59 Å². The number of benzene rings is 2. The van der Waals surface area contributed by atoms with Gasteiger partial charge in [0.2, 0.25) is 0 Å². The zero-order valence-corrected chi connectivity index (χ0v) is 17.2. The standard InChI is InChI=1S/C21H26ClN3O3/c1-4-25(14-21(27)24-18-11-17(22)10-9-15(18)2)13-20(26)23-12-16-7-5-6-8-19(16)28-3/h5-11H,4,12-14H2,1-3H3,(H,23,26)(H,24,27)/p+1. The predicted octanol–water partition coefficient (Wildman–Crippen LogP) is 1.82. The highest BCUT2D eigenvalue weighted by molar-refractivity contribution is 6.31. The van der Waals surface area contributed by atoms with Crippen LogP contribution >= 0.6 is 11.6 Å². The average Bonchev–Trinajstić information content (AvgIpc) is 2.68. The Labute approximate surface area is 170 Å². The van der Waals surface area contributed by atoms with Crippen molar-refractivity contribution in [2.24, 2.45) is 0 Å². The van der Waals surface area contributed by atoms with E-state index in [2.05, 4.69) is 10.6 Å². The van der Waals surface area contributed by atoms with Crippen molar-refractivity contribution in [1.82, 2.24) is 5.32 Å². The van der Waals surface area contributed by atoms with Gasteiger partial charge in [0.15, 0.2) is 13.1 Å². The molecule has 6 nitrogen and oxygen atoms in total. The molecule has 3 N–H and O–H groups in total. The summed E-state index contributed by atoms with van der Waals surface area (Å²) in [4.78, 5) is 25.5. The lowest BCUT2D eigenvalue weighted by Crippen LogP contribution is -3.14. The number of amides is 2. The number of halogens is 1. The molecule has 0 spiro atoms. The highest BCUT2D eigenvalue weighted by Gasteiger charge is 2.17. The molecule has 0 bridgehead atoms. The lowest BCUT2D eigenvalue weighted by molar-refractivity contribution is -0.881. The highest BCUT2D eigenvalue weighted by Crippen LogP contribution is 2.19. The predicted molar refractivity (Wildman–Crippen MR) is 111 cm³/mol. The second-order valence-corrected chi connectivity index (χ2v) is 6.99. The fourth-order valence-corrected chi connectivity index (χ4v) is 2.97. The maximum atomic E-state index is 12.4. The summed E-state index contributed by atoms with van der Waals surface area (Å²) in [6.07, 6.45) is 0. The van der Waals surface area contributed by atoms with Gasteiger partial charge in [0.05, 0.1) is 13.7 Å². The number of carbonyl (C=O) groups excluding carboxylic acids is 2. The third-order valence-electron chi connectivity index (χ3n) is 4.46. The van der Waals surface area contributed by atoms with Gasteiger partial charge in [-0.05, 0) is 37.6 Å². The van der Waals surface area contributed by atoms with Crippen molar-refractivity contribution in [3.05, 3.63) is 58.6 Å². The van der Waals surface area contributed by atoms with Crippen molar-refractivity contribution in [1.29, 1.82) is 0 Å². The van der Waals surface area contributed by atoms with E-state index < -0.39 is 0 Å². The van der Waals surface area contributed by atoms with Gasteiger partial charge >= 0.3 is 0 Å². The number of anilines is 1. The van der Waals surface area contributed by atoms with E-state index in [0.717, 1.165) is 21.8 Å². The van der Waals surface area contributed by atoms with Crippen molar-refractivity contribution in [3.8, 4) is 5.75 Å². The quantitative estimate of drug-likeness (QED) is 0.597. The molecular weight excluding hydrogens is 378 g/mol. The van der Waals surface area contributed by atoms with E-state index in [1.807, 2.05) is 44.2 Å². The number of methoxy groups -OCH3 is 1. The van der Waals surface area contributed by atoms with Crippen molar-refractivity contribution < 1.29 is 19.2 Å². The van der Waals surface area contributed by atoms with Crippen LogP contribution < -0.4 is 20.3 Å². The fourth-order valence-electron chi connectivity index (χ4n) is 2.80. The SMILES string of the molecule is CC[NH+](CC(=O)NCc1ccccc1OC)CC(=O)Nc1cc(Cl)ccc1C. The molecule has 2 rings (SSSR count). The van der Waals surface area contributed by atoms with Gasteiger partial charge in [-0.1, -0.05) is 35.9 Å². The number of quaternary nitrogens is 1. The highest BCUT2D eigenvalue weighted by atomic mass is 35.5. The summed E-state index contributed by atoms with van der Waals surface area (Å²) in [6.45, 7) is 5.30. The van der Waals surface area contributed by atoms with E-state index >= 15 is 0 Å². The Kier molecular flexibility index (Phi) is 8.29. The summed E-state index contributed by atoms with van der Waals surface area (Å²) in [5.41, 5.74) is 2.53. The Morgan fingerprint density at radius 2 is 1.82 bits per heavy atom. The molecule has 7 heteroatoms. The van der Waals surface area contributed by atoms with Gasteiger partial charge in [0.1, 0.15) is 5.75 Å². The van der Waals surface area contributed by atoms with Crippen LogP contribution in [-0.2, 0) is 16.1 Å². The molecular formula is C21H27ClN3O3+. The lowest BCUT2D eigenvalue weighted by atomic mass is 10.2. The van der Waals surface area contributed by atoms with Gasteiger partial charge in [-0.25, -0.2) is 0 Å². The van der Waals surface area contributed by atoms with E-state index in [-0.39, 0.29) is 24.9 Å². The molecule has 0 heterocycles. The number of carbonyl (C=O) groups is 2. The topological polar surface area (TPSA) is 71.9 Å². The number of hydrogen-bond acceptors (Lipinski definition) is 3. The Hall–Kier alpha value is -2.57. The summed E-state index contributed by atoms with van der Waals surface area (Å²) >= 11 is 5.99. The first-order valence-corrected chi connectivity index (χ1v) is 9.58. The van der Waals surface area contributed by atoms with Gasteiger partial charge in [0, 0.05) is 22.8 Å². The molecule has 0 aliphatic carbocycles. The molecule has 0 aliphatic heterocycles. The van der Waals surface area contributed by atoms with Crippen LogP contribution in [0.2, 0.25) is 5.02 Å². The number of para-hydroxylation sites is 1. The summed E-state index contributed by atoms with van der Waals surface area (Å²) in [7, 11) is 1.60. The Bertz CT molecular complexity index is 826. The monoisotopic (exact) mass is 404 g/mol. The zero-order chi connectivity index (χ0) is 20.5. The van der Waals surface area contributed by atoms with Crippen LogP contribution in [0.1, 0.15) is 18.1 Å². The molecule has 0 aromatic heterocycles. The van der Waals surface area contributed by atoms with E-state index in [4.69, 9.17) is 16.3 Å². The van der Waals surface area contributed by atoms with Crippen molar-refractivity contribution in [2.45, 2.75) is 20.4 Å². The summed E-state index contributed by atoms with van der Waals surface area (Å²) in [6, 6.07) is 12.9. The number of nitrogens with one attached hydrogen (secondary N) is 3. The Balaban J connectivity index is 1.86. The molecule has 0 saturated heterocycles. The number of hydrogen-bond donors (Lipinski definition) is 3.